The minimum atomic E-state index is 0.553. The topological polar surface area (TPSA) is 53.1 Å². The molecule has 1 aliphatic rings. The predicted molar refractivity (Wildman–Crippen MR) is 85.4 cm³/mol. The van der Waals surface area contributed by atoms with Gasteiger partial charge >= 0.3 is 0 Å². The Labute approximate surface area is 125 Å². The zero-order chi connectivity index (χ0) is 15.0. The Balaban J connectivity index is 2.05. The van der Waals surface area contributed by atoms with E-state index >= 15 is 0 Å². The van der Waals surface area contributed by atoms with Gasteiger partial charge in [0.15, 0.2) is 0 Å². The number of aromatic nitrogens is 2. The van der Waals surface area contributed by atoms with Gasteiger partial charge in [-0.3, -0.25) is 0 Å². The number of nitrogen functional groups attached to an aromatic ring is 1. The molecule has 3 rings (SSSR count). The van der Waals surface area contributed by atoms with Crippen molar-refractivity contribution >= 4 is 5.82 Å². The number of ether oxygens (including phenoxy) is 1. The van der Waals surface area contributed by atoms with Crippen LogP contribution in [0.25, 0.3) is 11.3 Å². The van der Waals surface area contributed by atoms with Crippen LogP contribution in [-0.4, -0.2) is 16.7 Å². The summed E-state index contributed by atoms with van der Waals surface area (Å²) in [5, 5.41) is 0. The molecule has 4 heteroatoms. The quantitative estimate of drug-likeness (QED) is 0.911. The standard InChI is InChI=1S/C17H23N3O/c1-11(2)10-20-16(18)15(19-17(20)12-7-8-12)13-5-4-6-14(9-13)21-3/h4-6,9,11-12H,7-8,10,18H2,1-3H3. The number of imidazole rings is 1. The summed E-state index contributed by atoms with van der Waals surface area (Å²) in [5.41, 5.74) is 8.31. The van der Waals surface area contributed by atoms with Crippen LogP contribution in [0.1, 0.15) is 38.4 Å². The Morgan fingerprint density at radius 3 is 2.76 bits per heavy atom. The fourth-order valence-corrected chi connectivity index (χ4v) is 2.68. The molecule has 1 aliphatic carbocycles. The van der Waals surface area contributed by atoms with Gasteiger partial charge in [-0.15, -0.1) is 0 Å². The van der Waals surface area contributed by atoms with Crippen LogP contribution < -0.4 is 10.5 Å². The number of benzene rings is 1. The molecule has 0 spiro atoms. The highest BCUT2D eigenvalue weighted by Gasteiger charge is 2.31. The highest BCUT2D eigenvalue weighted by molar-refractivity contribution is 5.72. The maximum Gasteiger partial charge on any atom is 0.131 e. The van der Waals surface area contributed by atoms with E-state index in [1.54, 1.807) is 7.11 Å². The second-order valence-electron chi connectivity index (χ2n) is 6.21. The summed E-state index contributed by atoms with van der Waals surface area (Å²) < 4.78 is 7.51. The average Bonchev–Trinajstić information content (AvgIpc) is 3.26. The first-order valence-corrected chi connectivity index (χ1v) is 7.60. The lowest BCUT2D eigenvalue weighted by atomic mass is 10.1. The number of hydrogen-bond donors (Lipinski definition) is 1. The van der Waals surface area contributed by atoms with Gasteiger partial charge in [0.25, 0.3) is 0 Å². The van der Waals surface area contributed by atoms with E-state index < -0.39 is 0 Å². The highest BCUT2D eigenvalue weighted by atomic mass is 16.5. The number of methoxy groups -OCH3 is 1. The molecule has 1 heterocycles. The van der Waals surface area contributed by atoms with Gasteiger partial charge in [-0.05, 0) is 30.9 Å². The van der Waals surface area contributed by atoms with Gasteiger partial charge in [0.1, 0.15) is 23.1 Å². The number of rotatable bonds is 5. The fourth-order valence-electron chi connectivity index (χ4n) is 2.68. The van der Waals surface area contributed by atoms with Crippen LogP contribution >= 0.6 is 0 Å². The first-order valence-electron chi connectivity index (χ1n) is 7.60. The molecule has 0 unspecified atom stereocenters. The van der Waals surface area contributed by atoms with Crippen molar-refractivity contribution in [3.63, 3.8) is 0 Å². The summed E-state index contributed by atoms with van der Waals surface area (Å²) in [7, 11) is 1.68. The van der Waals surface area contributed by atoms with Crippen LogP contribution in [0.15, 0.2) is 24.3 Å². The van der Waals surface area contributed by atoms with Crippen molar-refractivity contribution in [3.05, 3.63) is 30.1 Å². The molecule has 1 fully saturated rings. The van der Waals surface area contributed by atoms with Crippen molar-refractivity contribution in [2.75, 3.05) is 12.8 Å². The molecule has 4 nitrogen and oxygen atoms in total. The summed E-state index contributed by atoms with van der Waals surface area (Å²) in [6.07, 6.45) is 2.46. The number of anilines is 1. The van der Waals surface area contributed by atoms with Crippen molar-refractivity contribution < 1.29 is 4.74 Å². The molecule has 0 atom stereocenters. The summed E-state index contributed by atoms with van der Waals surface area (Å²) >= 11 is 0. The van der Waals surface area contributed by atoms with Crippen LogP contribution in [-0.2, 0) is 6.54 Å². The lowest BCUT2D eigenvalue weighted by Gasteiger charge is -2.12. The second kappa shape index (κ2) is 5.43. The Kier molecular flexibility index (Phi) is 3.62. The molecule has 21 heavy (non-hydrogen) atoms. The summed E-state index contributed by atoms with van der Waals surface area (Å²) in [4.78, 5) is 4.85. The molecule has 0 amide bonds. The van der Waals surface area contributed by atoms with Crippen LogP contribution in [0.4, 0.5) is 5.82 Å². The molecule has 1 aromatic heterocycles. The molecule has 0 saturated heterocycles. The van der Waals surface area contributed by atoms with Crippen molar-refractivity contribution in [2.45, 2.75) is 39.2 Å². The maximum absolute atomic E-state index is 6.40. The fraction of sp³-hybridized carbons (Fsp3) is 0.471. The number of hydrogen-bond acceptors (Lipinski definition) is 3. The first kappa shape index (κ1) is 14.0. The third-order valence-electron chi connectivity index (χ3n) is 3.87. The van der Waals surface area contributed by atoms with Gasteiger partial charge in [-0.1, -0.05) is 26.0 Å². The van der Waals surface area contributed by atoms with Gasteiger partial charge in [0, 0.05) is 18.0 Å². The lowest BCUT2D eigenvalue weighted by molar-refractivity contribution is 0.415. The zero-order valence-corrected chi connectivity index (χ0v) is 13.0. The van der Waals surface area contributed by atoms with Crippen molar-refractivity contribution in [1.29, 1.82) is 0 Å². The third-order valence-corrected chi connectivity index (χ3v) is 3.87. The van der Waals surface area contributed by atoms with Gasteiger partial charge in [-0.25, -0.2) is 4.98 Å². The molecular formula is C17H23N3O. The Morgan fingerprint density at radius 2 is 2.14 bits per heavy atom. The zero-order valence-electron chi connectivity index (χ0n) is 13.0. The van der Waals surface area contributed by atoms with Gasteiger partial charge in [0.05, 0.1) is 7.11 Å². The van der Waals surface area contributed by atoms with E-state index in [2.05, 4.69) is 18.4 Å². The van der Waals surface area contributed by atoms with Crippen molar-refractivity contribution in [2.24, 2.45) is 5.92 Å². The monoisotopic (exact) mass is 285 g/mol. The third kappa shape index (κ3) is 2.75. The Hall–Kier alpha value is -1.97. The molecule has 2 aromatic rings. The molecule has 0 bridgehead atoms. The molecule has 112 valence electrons. The minimum Gasteiger partial charge on any atom is -0.497 e. The highest BCUT2D eigenvalue weighted by Crippen LogP contribution is 2.42. The van der Waals surface area contributed by atoms with Crippen LogP contribution in [0.2, 0.25) is 0 Å². The minimum absolute atomic E-state index is 0.553. The van der Waals surface area contributed by atoms with Crippen LogP contribution in [0, 0.1) is 5.92 Å². The van der Waals surface area contributed by atoms with Gasteiger partial charge < -0.3 is 15.0 Å². The largest absolute Gasteiger partial charge is 0.497 e. The molecular weight excluding hydrogens is 262 g/mol. The normalized spacial score (nSPS) is 14.7. The SMILES string of the molecule is COc1cccc(-c2nc(C3CC3)n(CC(C)C)c2N)c1. The molecule has 1 aromatic carbocycles. The van der Waals surface area contributed by atoms with E-state index in [1.165, 1.54) is 12.8 Å². The maximum atomic E-state index is 6.40. The van der Waals surface area contributed by atoms with E-state index in [9.17, 15) is 0 Å². The van der Waals surface area contributed by atoms with E-state index in [4.69, 9.17) is 15.5 Å². The summed E-state index contributed by atoms with van der Waals surface area (Å²) in [6, 6.07) is 7.95. The van der Waals surface area contributed by atoms with Crippen LogP contribution in [0.5, 0.6) is 5.75 Å². The van der Waals surface area contributed by atoms with Gasteiger partial charge in [0.2, 0.25) is 0 Å². The van der Waals surface area contributed by atoms with Crippen molar-refractivity contribution in [3.8, 4) is 17.0 Å². The average molecular weight is 285 g/mol. The first-order chi connectivity index (χ1) is 10.1. The lowest BCUT2D eigenvalue weighted by Crippen LogP contribution is -2.10. The Morgan fingerprint density at radius 1 is 1.38 bits per heavy atom. The molecule has 2 N–H and O–H groups in total. The van der Waals surface area contributed by atoms with E-state index in [0.29, 0.717) is 11.8 Å². The van der Waals surface area contributed by atoms with Gasteiger partial charge in [-0.2, -0.15) is 0 Å². The second-order valence-corrected chi connectivity index (χ2v) is 6.21. The summed E-state index contributed by atoms with van der Waals surface area (Å²) in [5.74, 6) is 3.90. The smallest absolute Gasteiger partial charge is 0.131 e. The molecule has 0 radical (unpaired) electrons. The van der Waals surface area contributed by atoms with Crippen molar-refractivity contribution in [1.82, 2.24) is 9.55 Å². The molecule has 0 aliphatic heterocycles. The van der Waals surface area contributed by atoms with Crippen LogP contribution in [0.3, 0.4) is 0 Å². The predicted octanol–water partition coefficient (Wildman–Crippen LogP) is 3.67. The molecule has 1 saturated carbocycles. The summed E-state index contributed by atoms with van der Waals surface area (Å²) in [6.45, 7) is 5.34. The van der Waals surface area contributed by atoms with E-state index in [0.717, 1.165) is 35.2 Å². The van der Waals surface area contributed by atoms with E-state index in [1.807, 2.05) is 24.3 Å². The number of nitrogens with two attached hydrogens (primary N) is 1. The van der Waals surface area contributed by atoms with E-state index in [-0.39, 0.29) is 0 Å². The Bertz CT molecular complexity index is 641. The number of nitrogens with zero attached hydrogens (tertiary/aromatic N) is 2.